The van der Waals surface area contributed by atoms with E-state index in [-0.39, 0.29) is 23.8 Å². The summed E-state index contributed by atoms with van der Waals surface area (Å²) >= 11 is 0. The number of aliphatic carboxylic acids is 1. The molecule has 0 saturated heterocycles. The van der Waals surface area contributed by atoms with Crippen molar-refractivity contribution in [2.75, 3.05) is 0 Å². The Morgan fingerprint density at radius 3 is 2.55 bits per heavy atom. The number of carboxylic acid groups (broad SMARTS) is 1. The summed E-state index contributed by atoms with van der Waals surface area (Å²) < 4.78 is 1.61. The van der Waals surface area contributed by atoms with Crippen LogP contribution in [0.4, 0.5) is 0 Å². The van der Waals surface area contributed by atoms with E-state index in [1.54, 1.807) is 30.7 Å². The highest BCUT2D eigenvalue weighted by molar-refractivity contribution is 5.83. The fourth-order valence-electron chi connectivity index (χ4n) is 2.12. The lowest BCUT2D eigenvalue weighted by molar-refractivity contribution is -0.143. The van der Waals surface area contributed by atoms with Gasteiger partial charge >= 0.3 is 5.97 Å². The maximum Gasteiger partial charge on any atom is 0.326 e. The lowest BCUT2D eigenvalue weighted by Crippen LogP contribution is -2.44. The molecule has 2 N–H and O–H groups in total. The Morgan fingerprint density at radius 2 is 2.00 bits per heavy atom. The third-order valence-corrected chi connectivity index (χ3v) is 3.45. The van der Waals surface area contributed by atoms with E-state index >= 15 is 0 Å². The number of rotatable bonds is 8. The molecule has 6 nitrogen and oxygen atoms in total. The van der Waals surface area contributed by atoms with E-state index in [9.17, 15) is 14.4 Å². The minimum atomic E-state index is -1.02. The summed E-state index contributed by atoms with van der Waals surface area (Å²) in [4.78, 5) is 34.4. The van der Waals surface area contributed by atoms with Crippen molar-refractivity contribution in [3.63, 3.8) is 0 Å². The van der Waals surface area contributed by atoms with Gasteiger partial charge in [-0.05, 0) is 37.3 Å². The fraction of sp³-hybridized carbons (Fsp3) is 0.562. The van der Waals surface area contributed by atoms with Crippen molar-refractivity contribution < 1.29 is 14.7 Å². The van der Waals surface area contributed by atoms with Crippen molar-refractivity contribution in [2.24, 2.45) is 5.92 Å². The van der Waals surface area contributed by atoms with E-state index in [1.807, 2.05) is 13.0 Å². The molecular formula is C16H24N2O4. The van der Waals surface area contributed by atoms with Crippen LogP contribution in [0.25, 0.3) is 0 Å². The highest BCUT2D eigenvalue weighted by Gasteiger charge is 2.22. The average Bonchev–Trinajstić information content (AvgIpc) is 2.42. The maximum atomic E-state index is 11.7. The van der Waals surface area contributed by atoms with E-state index in [0.29, 0.717) is 19.4 Å². The van der Waals surface area contributed by atoms with E-state index in [4.69, 9.17) is 5.11 Å². The number of nitrogens with zero attached hydrogens (tertiary/aromatic N) is 1. The van der Waals surface area contributed by atoms with Crippen LogP contribution < -0.4 is 10.9 Å². The highest BCUT2D eigenvalue weighted by Crippen LogP contribution is 2.04. The number of unbranched alkanes of at least 4 members (excludes halogenated alkanes) is 1. The summed E-state index contributed by atoms with van der Waals surface area (Å²) in [5.41, 5.74) is 0.879. The van der Waals surface area contributed by atoms with Crippen LogP contribution in [0.5, 0.6) is 0 Å². The van der Waals surface area contributed by atoms with Crippen molar-refractivity contribution in [2.45, 2.75) is 52.6 Å². The van der Waals surface area contributed by atoms with Gasteiger partial charge in [0, 0.05) is 25.2 Å². The van der Waals surface area contributed by atoms with E-state index in [1.165, 1.54) is 0 Å². The van der Waals surface area contributed by atoms with Gasteiger partial charge in [0.25, 0.3) is 5.56 Å². The van der Waals surface area contributed by atoms with Gasteiger partial charge in [0.1, 0.15) is 6.04 Å². The number of pyridine rings is 1. The number of aryl methyl sites for hydroxylation is 2. The number of aromatic nitrogens is 1. The molecule has 0 fully saturated rings. The van der Waals surface area contributed by atoms with E-state index < -0.39 is 12.0 Å². The zero-order valence-corrected chi connectivity index (χ0v) is 13.3. The quantitative estimate of drug-likeness (QED) is 0.713. The zero-order chi connectivity index (χ0) is 16.7. The van der Waals surface area contributed by atoms with Crippen LogP contribution in [0.3, 0.4) is 0 Å². The molecule has 1 rings (SSSR count). The molecule has 6 heteroatoms. The average molecular weight is 308 g/mol. The Labute approximate surface area is 130 Å². The first-order valence-corrected chi connectivity index (χ1v) is 7.50. The Bertz CT molecular complexity index is 578. The largest absolute Gasteiger partial charge is 0.480 e. The van der Waals surface area contributed by atoms with Gasteiger partial charge in [0.05, 0.1) is 0 Å². The molecule has 0 saturated carbocycles. The molecule has 122 valence electrons. The Kier molecular flexibility index (Phi) is 6.82. The van der Waals surface area contributed by atoms with Crippen LogP contribution in [-0.2, 0) is 16.1 Å². The van der Waals surface area contributed by atoms with Crippen molar-refractivity contribution in [3.8, 4) is 0 Å². The first kappa shape index (κ1) is 17.9. The highest BCUT2D eigenvalue weighted by atomic mass is 16.4. The Hall–Kier alpha value is -2.11. The Balaban J connectivity index is 2.36. The van der Waals surface area contributed by atoms with Crippen LogP contribution >= 0.6 is 0 Å². The van der Waals surface area contributed by atoms with Crippen LogP contribution in [0.15, 0.2) is 23.1 Å². The lowest BCUT2D eigenvalue weighted by atomic mass is 10.0. The van der Waals surface area contributed by atoms with Crippen LogP contribution in [-0.4, -0.2) is 27.6 Å². The molecule has 0 aliphatic heterocycles. The van der Waals surface area contributed by atoms with Gasteiger partial charge in [-0.15, -0.1) is 0 Å². The van der Waals surface area contributed by atoms with E-state index in [2.05, 4.69) is 5.32 Å². The van der Waals surface area contributed by atoms with E-state index in [0.717, 1.165) is 5.56 Å². The molecule has 1 atom stereocenters. The predicted octanol–water partition coefficient (Wildman–Crippen LogP) is 1.55. The third-order valence-electron chi connectivity index (χ3n) is 3.45. The normalized spacial score (nSPS) is 12.2. The molecule has 1 aromatic heterocycles. The van der Waals surface area contributed by atoms with Gasteiger partial charge in [-0.1, -0.05) is 13.8 Å². The molecule has 1 heterocycles. The van der Waals surface area contributed by atoms with Gasteiger partial charge in [-0.25, -0.2) is 4.79 Å². The molecule has 1 unspecified atom stereocenters. The second-order valence-corrected chi connectivity index (χ2v) is 5.82. The monoisotopic (exact) mass is 308 g/mol. The summed E-state index contributed by atoms with van der Waals surface area (Å²) in [6.45, 7) is 5.92. The predicted molar refractivity (Wildman–Crippen MR) is 83.7 cm³/mol. The molecule has 0 spiro atoms. The first-order chi connectivity index (χ1) is 10.3. The van der Waals surface area contributed by atoms with Crippen LogP contribution in [0, 0.1) is 12.8 Å². The molecule has 0 aromatic carbocycles. The SMILES string of the molecule is Cc1ccn(CCCCC(=O)NC(C(=O)O)C(C)C)c(=O)c1. The first-order valence-electron chi connectivity index (χ1n) is 7.50. The molecule has 1 aromatic rings. The standard InChI is InChI=1S/C16H24N2O4/c1-11(2)15(16(21)22)17-13(19)6-4-5-8-18-9-7-12(3)10-14(18)20/h7,9-11,15H,4-6,8H2,1-3H3,(H,17,19)(H,21,22). The number of carboxylic acids is 1. The molecule has 1 amide bonds. The number of hydrogen-bond donors (Lipinski definition) is 2. The summed E-state index contributed by atoms with van der Waals surface area (Å²) in [6.07, 6.45) is 3.31. The number of carbonyl (C=O) groups is 2. The number of amides is 1. The lowest BCUT2D eigenvalue weighted by Gasteiger charge is -2.17. The zero-order valence-electron chi connectivity index (χ0n) is 13.3. The van der Waals surface area contributed by atoms with Gasteiger partial charge in [0.15, 0.2) is 0 Å². The maximum absolute atomic E-state index is 11.7. The molecular weight excluding hydrogens is 284 g/mol. The number of hydrogen-bond acceptors (Lipinski definition) is 3. The molecule has 0 bridgehead atoms. The molecule has 0 aliphatic carbocycles. The van der Waals surface area contributed by atoms with Crippen molar-refractivity contribution in [1.29, 1.82) is 0 Å². The summed E-state index contributed by atoms with van der Waals surface area (Å²) in [5, 5.41) is 11.5. The van der Waals surface area contributed by atoms with Crippen molar-refractivity contribution >= 4 is 11.9 Å². The number of nitrogens with one attached hydrogen (secondary N) is 1. The van der Waals surface area contributed by atoms with Crippen molar-refractivity contribution in [1.82, 2.24) is 9.88 Å². The minimum absolute atomic E-state index is 0.0461. The smallest absolute Gasteiger partial charge is 0.326 e. The topological polar surface area (TPSA) is 88.4 Å². The Morgan fingerprint density at radius 1 is 1.32 bits per heavy atom. The van der Waals surface area contributed by atoms with Crippen LogP contribution in [0.2, 0.25) is 0 Å². The second-order valence-electron chi connectivity index (χ2n) is 5.82. The minimum Gasteiger partial charge on any atom is -0.480 e. The third kappa shape index (κ3) is 5.71. The molecule has 0 aliphatic rings. The molecule has 22 heavy (non-hydrogen) atoms. The van der Waals surface area contributed by atoms with Gasteiger partial charge in [-0.3, -0.25) is 9.59 Å². The van der Waals surface area contributed by atoms with Gasteiger partial charge in [-0.2, -0.15) is 0 Å². The number of carbonyl (C=O) groups excluding carboxylic acids is 1. The van der Waals surface area contributed by atoms with Crippen molar-refractivity contribution in [3.05, 3.63) is 34.2 Å². The fourth-order valence-corrected chi connectivity index (χ4v) is 2.12. The summed E-state index contributed by atoms with van der Waals surface area (Å²) in [7, 11) is 0. The molecule has 0 radical (unpaired) electrons. The van der Waals surface area contributed by atoms with Crippen LogP contribution in [0.1, 0.15) is 38.7 Å². The second kappa shape index (κ2) is 8.36. The van der Waals surface area contributed by atoms with Gasteiger partial charge < -0.3 is 15.0 Å². The summed E-state index contributed by atoms with van der Waals surface area (Å²) in [6, 6.07) is 2.59. The summed E-state index contributed by atoms with van der Waals surface area (Å²) in [5.74, 6) is -1.44. The van der Waals surface area contributed by atoms with Gasteiger partial charge in [0.2, 0.25) is 5.91 Å².